The van der Waals surface area contributed by atoms with E-state index in [4.69, 9.17) is 9.47 Å². The predicted octanol–water partition coefficient (Wildman–Crippen LogP) is 4.52. The van der Waals surface area contributed by atoms with E-state index in [2.05, 4.69) is 0 Å². The number of aryl methyl sites for hydroxylation is 1. The van der Waals surface area contributed by atoms with Crippen LogP contribution in [0.25, 0.3) is 6.08 Å². The summed E-state index contributed by atoms with van der Waals surface area (Å²) in [5, 5.41) is 9.51. The van der Waals surface area contributed by atoms with Crippen LogP contribution in [-0.2, 0) is 9.84 Å². The second-order valence-corrected chi connectivity index (χ2v) is 7.81. The molecule has 0 aliphatic carbocycles. The zero-order chi connectivity index (χ0) is 19.9. The van der Waals surface area contributed by atoms with E-state index >= 15 is 0 Å². The van der Waals surface area contributed by atoms with Gasteiger partial charge in [-0.2, -0.15) is 5.26 Å². The van der Waals surface area contributed by atoms with E-state index in [0.717, 1.165) is 12.0 Å². The molecule has 0 amide bonds. The molecule has 2 aromatic rings. The molecule has 0 atom stereocenters. The first-order valence-corrected chi connectivity index (χ1v) is 10.2. The zero-order valence-electron chi connectivity index (χ0n) is 15.7. The van der Waals surface area contributed by atoms with Crippen molar-refractivity contribution in [2.45, 2.75) is 32.1 Å². The summed E-state index contributed by atoms with van der Waals surface area (Å²) in [5.41, 5.74) is 1.43. The summed E-state index contributed by atoms with van der Waals surface area (Å²) in [5.74, 6) is 0.956. The fraction of sp³-hybridized carbons (Fsp3) is 0.286. The van der Waals surface area contributed by atoms with Gasteiger partial charge in [0, 0.05) is 5.56 Å². The van der Waals surface area contributed by atoms with Crippen LogP contribution in [0.3, 0.4) is 0 Å². The highest BCUT2D eigenvalue weighted by Crippen LogP contribution is 2.34. The van der Waals surface area contributed by atoms with Gasteiger partial charge in [-0.3, -0.25) is 0 Å². The monoisotopic (exact) mass is 385 g/mol. The van der Waals surface area contributed by atoms with Gasteiger partial charge in [0.1, 0.15) is 11.0 Å². The number of para-hydroxylation sites is 1. The Balaban J connectivity index is 2.55. The zero-order valence-corrected chi connectivity index (χ0v) is 16.5. The van der Waals surface area contributed by atoms with Crippen LogP contribution in [0.2, 0.25) is 0 Å². The molecular weight excluding hydrogens is 362 g/mol. The summed E-state index contributed by atoms with van der Waals surface area (Å²) in [6.45, 7) is 6.60. The minimum absolute atomic E-state index is 0.0814. The molecule has 0 saturated heterocycles. The number of allylic oxidation sites excluding steroid dienone is 1. The van der Waals surface area contributed by atoms with Crippen molar-refractivity contribution in [1.82, 2.24) is 0 Å². The van der Waals surface area contributed by atoms with Crippen LogP contribution in [-0.4, -0.2) is 21.6 Å². The van der Waals surface area contributed by atoms with Crippen LogP contribution in [0.1, 0.15) is 31.4 Å². The molecule has 0 spiro atoms. The van der Waals surface area contributed by atoms with Crippen LogP contribution in [0.4, 0.5) is 0 Å². The maximum absolute atomic E-state index is 12.9. The van der Waals surface area contributed by atoms with Gasteiger partial charge < -0.3 is 9.47 Å². The fourth-order valence-electron chi connectivity index (χ4n) is 2.43. The number of ether oxygens (including phenoxy) is 2. The Hall–Kier alpha value is -2.78. The minimum Gasteiger partial charge on any atom is -0.490 e. The number of hydrogen-bond acceptors (Lipinski definition) is 5. The van der Waals surface area contributed by atoms with E-state index < -0.39 is 9.84 Å². The Morgan fingerprint density at radius 1 is 1.11 bits per heavy atom. The Kier molecular flexibility index (Phi) is 7.03. The molecule has 0 bridgehead atoms. The third-order valence-corrected chi connectivity index (χ3v) is 5.46. The molecule has 0 heterocycles. The van der Waals surface area contributed by atoms with Crippen molar-refractivity contribution in [2.24, 2.45) is 0 Å². The van der Waals surface area contributed by atoms with E-state index in [-0.39, 0.29) is 9.80 Å². The van der Waals surface area contributed by atoms with Gasteiger partial charge in [0.05, 0.1) is 18.1 Å². The summed E-state index contributed by atoms with van der Waals surface area (Å²) < 4.78 is 37.1. The summed E-state index contributed by atoms with van der Waals surface area (Å²) in [6, 6.07) is 13.4. The molecule has 6 heteroatoms. The van der Waals surface area contributed by atoms with E-state index in [1.54, 1.807) is 30.3 Å². The lowest BCUT2D eigenvalue weighted by Gasteiger charge is -2.14. The lowest BCUT2D eigenvalue weighted by atomic mass is 10.1. The van der Waals surface area contributed by atoms with Crippen LogP contribution >= 0.6 is 0 Å². The Bertz CT molecular complexity index is 955. The molecular formula is C21H23NO4S. The van der Waals surface area contributed by atoms with Gasteiger partial charge in [0.2, 0.25) is 9.84 Å². The molecule has 0 N–H and O–H groups in total. The normalized spacial score (nSPS) is 11.7. The molecule has 0 saturated carbocycles. The number of nitrogens with zero attached hydrogens (tertiary/aromatic N) is 1. The van der Waals surface area contributed by atoms with Crippen molar-refractivity contribution >= 4 is 15.9 Å². The number of nitriles is 1. The third-order valence-electron chi connectivity index (χ3n) is 3.78. The van der Waals surface area contributed by atoms with Crippen molar-refractivity contribution in [3.63, 3.8) is 0 Å². The minimum atomic E-state index is -3.92. The molecule has 27 heavy (non-hydrogen) atoms. The lowest BCUT2D eigenvalue weighted by Crippen LogP contribution is -2.05. The van der Waals surface area contributed by atoms with Gasteiger partial charge in [-0.05, 0) is 44.5 Å². The molecule has 0 aliphatic heterocycles. The van der Waals surface area contributed by atoms with Crippen molar-refractivity contribution in [2.75, 3.05) is 13.2 Å². The topological polar surface area (TPSA) is 76.4 Å². The van der Waals surface area contributed by atoms with Gasteiger partial charge in [-0.15, -0.1) is 0 Å². The molecule has 2 rings (SSSR count). The van der Waals surface area contributed by atoms with Gasteiger partial charge in [-0.25, -0.2) is 8.42 Å². The first-order valence-electron chi connectivity index (χ1n) is 8.76. The van der Waals surface area contributed by atoms with Crippen LogP contribution < -0.4 is 9.47 Å². The average Bonchev–Trinajstić information content (AvgIpc) is 2.65. The Morgan fingerprint density at radius 2 is 1.81 bits per heavy atom. The molecule has 5 nitrogen and oxygen atoms in total. The van der Waals surface area contributed by atoms with Gasteiger partial charge in [-0.1, -0.05) is 36.8 Å². The number of hydrogen-bond donors (Lipinski definition) is 0. The van der Waals surface area contributed by atoms with E-state index in [1.807, 2.05) is 26.8 Å². The first-order chi connectivity index (χ1) is 12.9. The highest BCUT2D eigenvalue weighted by molar-refractivity contribution is 7.95. The predicted molar refractivity (Wildman–Crippen MR) is 105 cm³/mol. The SMILES string of the molecule is CCCOc1c(/C=C(\C#N)S(=O)(=O)c2ccc(C)cc2)cccc1OCC. The fourth-order valence-corrected chi connectivity index (χ4v) is 3.58. The second kappa shape index (κ2) is 9.24. The van der Waals surface area contributed by atoms with Crippen LogP contribution in [0.5, 0.6) is 11.5 Å². The standard InChI is InChI=1S/C21H23NO4S/c1-4-13-26-21-17(7-6-8-20(21)25-5-2)14-19(15-22)27(23,24)18-11-9-16(3)10-12-18/h6-12,14H,4-5,13H2,1-3H3/b19-14+. The van der Waals surface area contributed by atoms with E-state index in [9.17, 15) is 13.7 Å². The van der Waals surface area contributed by atoms with E-state index in [0.29, 0.717) is 30.3 Å². The maximum Gasteiger partial charge on any atom is 0.216 e. The maximum atomic E-state index is 12.9. The van der Waals surface area contributed by atoms with Gasteiger partial charge in [0.25, 0.3) is 0 Å². The lowest BCUT2D eigenvalue weighted by molar-refractivity contribution is 0.276. The number of rotatable bonds is 8. The Labute approximate surface area is 160 Å². The van der Waals surface area contributed by atoms with Crippen LogP contribution in [0.15, 0.2) is 52.3 Å². The Morgan fingerprint density at radius 3 is 2.41 bits per heavy atom. The highest BCUT2D eigenvalue weighted by atomic mass is 32.2. The first kappa shape index (κ1) is 20.5. The highest BCUT2D eigenvalue weighted by Gasteiger charge is 2.22. The third kappa shape index (κ3) is 4.89. The summed E-state index contributed by atoms with van der Waals surface area (Å²) in [6.07, 6.45) is 2.12. The van der Waals surface area contributed by atoms with Crippen molar-refractivity contribution in [1.29, 1.82) is 5.26 Å². The quantitative estimate of drug-likeness (QED) is 0.624. The molecule has 0 unspecified atom stereocenters. The molecule has 0 aliphatic rings. The summed E-state index contributed by atoms with van der Waals surface area (Å²) in [7, 11) is -3.92. The molecule has 0 radical (unpaired) electrons. The van der Waals surface area contributed by atoms with E-state index in [1.165, 1.54) is 18.2 Å². The van der Waals surface area contributed by atoms with Crippen molar-refractivity contribution in [3.05, 3.63) is 58.5 Å². The number of benzene rings is 2. The second-order valence-electron chi connectivity index (χ2n) is 5.89. The van der Waals surface area contributed by atoms with Gasteiger partial charge in [0.15, 0.2) is 11.5 Å². The van der Waals surface area contributed by atoms with Gasteiger partial charge >= 0.3 is 0 Å². The molecule has 0 aromatic heterocycles. The largest absolute Gasteiger partial charge is 0.490 e. The van der Waals surface area contributed by atoms with Crippen molar-refractivity contribution < 1.29 is 17.9 Å². The summed E-state index contributed by atoms with van der Waals surface area (Å²) >= 11 is 0. The number of sulfone groups is 1. The molecule has 2 aromatic carbocycles. The summed E-state index contributed by atoms with van der Waals surface area (Å²) in [4.78, 5) is -0.265. The molecule has 0 fully saturated rings. The molecule has 142 valence electrons. The van der Waals surface area contributed by atoms with Crippen LogP contribution in [0, 0.1) is 18.3 Å². The van der Waals surface area contributed by atoms with Crippen molar-refractivity contribution in [3.8, 4) is 17.6 Å². The smallest absolute Gasteiger partial charge is 0.216 e. The average molecular weight is 385 g/mol.